The minimum absolute atomic E-state index is 0.0616. The molecule has 2 N–H and O–H groups in total. The predicted molar refractivity (Wildman–Crippen MR) is 125 cm³/mol. The fraction of sp³-hybridized carbons (Fsp3) is 0.857. The molecule has 4 rings (SSSR count). The summed E-state index contributed by atoms with van der Waals surface area (Å²) in [5.41, 5.74) is 1.30. The minimum Gasteiger partial charge on any atom is -0.393 e. The highest BCUT2D eigenvalue weighted by Crippen LogP contribution is 2.67. The summed E-state index contributed by atoms with van der Waals surface area (Å²) in [7, 11) is 0. The van der Waals surface area contributed by atoms with E-state index in [1.807, 2.05) is 0 Å². The van der Waals surface area contributed by atoms with Crippen molar-refractivity contribution in [2.75, 3.05) is 0 Å². The number of allylic oxidation sites excluding steroid dienone is 3. The van der Waals surface area contributed by atoms with E-state index in [1.54, 1.807) is 5.57 Å². The summed E-state index contributed by atoms with van der Waals surface area (Å²) < 4.78 is 0. The molecular formula is C28H46O2. The first-order valence-corrected chi connectivity index (χ1v) is 12.8. The molecule has 3 saturated carbocycles. The van der Waals surface area contributed by atoms with E-state index >= 15 is 0 Å². The second-order valence-corrected chi connectivity index (χ2v) is 12.4. The number of fused-ring (bicyclic) bond motifs is 5. The van der Waals surface area contributed by atoms with Crippen molar-refractivity contribution in [1.29, 1.82) is 0 Å². The molecule has 4 aliphatic rings. The molecule has 0 aromatic carbocycles. The molecule has 0 heterocycles. The Labute approximate surface area is 185 Å². The highest BCUT2D eigenvalue weighted by molar-refractivity contribution is 5.30. The van der Waals surface area contributed by atoms with Gasteiger partial charge in [0.15, 0.2) is 0 Å². The fourth-order valence-electron chi connectivity index (χ4n) is 8.10. The fourth-order valence-corrected chi connectivity index (χ4v) is 8.10. The summed E-state index contributed by atoms with van der Waals surface area (Å²) in [5.74, 6) is 3.95. The first-order valence-electron chi connectivity index (χ1n) is 12.8. The molecule has 0 aromatic heterocycles. The maximum Gasteiger partial charge on any atom is 0.0765 e. The number of hydrogen-bond donors (Lipinski definition) is 2. The largest absolute Gasteiger partial charge is 0.393 e. The van der Waals surface area contributed by atoms with E-state index in [-0.39, 0.29) is 11.5 Å². The average molecular weight is 415 g/mol. The van der Waals surface area contributed by atoms with Crippen LogP contribution in [-0.2, 0) is 0 Å². The second-order valence-electron chi connectivity index (χ2n) is 12.4. The van der Waals surface area contributed by atoms with Gasteiger partial charge < -0.3 is 10.2 Å². The Morgan fingerprint density at radius 3 is 2.40 bits per heavy atom. The normalized spacial score (nSPS) is 48.1. The van der Waals surface area contributed by atoms with Gasteiger partial charge in [-0.05, 0) is 85.9 Å². The average Bonchev–Trinajstić information content (AvgIpc) is 3.04. The molecular weight excluding hydrogens is 368 g/mol. The summed E-state index contributed by atoms with van der Waals surface area (Å²) in [4.78, 5) is 0. The van der Waals surface area contributed by atoms with Crippen molar-refractivity contribution < 1.29 is 10.2 Å². The summed E-state index contributed by atoms with van der Waals surface area (Å²) in [6.07, 6.45) is 15.4. The van der Waals surface area contributed by atoms with Crippen LogP contribution in [-0.4, -0.2) is 21.9 Å². The van der Waals surface area contributed by atoms with Gasteiger partial charge in [0.05, 0.1) is 11.7 Å². The molecule has 3 fully saturated rings. The van der Waals surface area contributed by atoms with Crippen LogP contribution in [0, 0.1) is 46.3 Å². The highest BCUT2D eigenvalue weighted by atomic mass is 16.3. The summed E-state index contributed by atoms with van der Waals surface area (Å²) in [5, 5.41) is 21.8. The molecule has 0 aromatic rings. The molecule has 0 aliphatic heterocycles. The third-order valence-corrected chi connectivity index (χ3v) is 10.7. The Morgan fingerprint density at radius 2 is 1.70 bits per heavy atom. The quantitative estimate of drug-likeness (QED) is 0.514. The van der Waals surface area contributed by atoms with Gasteiger partial charge in [-0.3, -0.25) is 0 Å². The lowest BCUT2D eigenvalue weighted by molar-refractivity contribution is -0.168. The molecule has 0 amide bonds. The van der Waals surface area contributed by atoms with E-state index in [1.165, 1.54) is 25.7 Å². The van der Waals surface area contributed by atoms with Crippen molar-refractivity contribution in [3.8, 4) is 0 Å². The van der Waals surface area contributed by atoms with Crippen LogP contribution in [0.2, 0.25) is 0 Å². The minimum atomic E-state index is -0.715. The highest BCUT2D eigenvalue weighted by Gasteiger charge is 2.62. The molecule has 2 heteroatoms. The van der Waals surface area contributed by atoms with Crippen molar-refractivity contribution in [3.05, 3.63) is 23.8 Å². The number of hydrogen-bond acceptors (Lipinski definition) is 2. The van der Waals surface area contributed by atoms with Crippen LogP contribution in [0.15, 0.2) is 23.8 Å². The van der Waals surface area contributed by atoms with Gasteiger partial charge in [0, 0.05) is 11.8 Å². The van der Waals surface area contributed by atoms with Crippen LogP contribution in [0.3, 0.4) is 0 Å². The number of aliphatic hydroxyl groups excluding tert-OH is 1. The zero-order chi connectivity index (χ0) is 21.9. The van der Waals surface area contributed by atoms with E-state index in [4.69, 9.17) is 0 Å². The first-order chi connectivity index (χ1) is 14.0. The Balaban J connectivity index is 1.57. The van der Waals surface area contributed by atoms with Gasteiger partial charge in [-0.25, -0.2) is 0 Å². The lowest BCUT2D eigenvalue weighted by Gasteiger charge is -2.61. The Hall–Kier alpha value is -0.600. The second kappa shape index (κ2) is 7.77. The van der Waals surface area contributed by atoms with Gasteiger partial charge in [0.25, 0.3) is 0 Å². The van der Waals surface area contributed by atoms with Crippen molar-refractivity contribution in [2.24, 2.45) is 46.3 Å². The van der Waals surface area contributed by atoms with E-state index in [0.29, 0.717) is 41.4 Å². The van der Waals surface area contributed by atoms with Gasteiger partial charge in [-0.1, -0.05) is 65.3 Å². The molecule has 0 unspecified atom stereocenters. The van der Waals surface area contributed by atoms with Gasteiger partial charge in [0.1, 0.15) is 0 Å². The molecule has 170 valence electrons. The van der Waals surface area contributed by atoms with E-state index < -0.39 is 5.60 Å². The summed E-state index contributed by atoms with van der Waals surface area (Å²) in [6, 6.07) is 0. The smallest absolute Gasteiger partial charge is 0.0765 e. The summed E-state index contributed by atoms with van der Waals surface area (Å²) >= 11 is 0. The Kier molecular flexibility index (Phi) is 5.85. The molecule has 30 heavy (non-hydrogen) atoms. The maximum absolute atomic E-state index is 11.6. The van der Waals surface area contributed by atoms with Crippen LogP contribution in [0.4, 0.5) is 0 Å². The summed E-state index contributed by atoms with van der Waals surface area (Å²) in [6.45, 7) is 14.3. The van der Waals surface area contributed by atoms with Crippen LogP contribution in [0.5, 0.6) is 0 Å². The molecule has 0 spiro atoms. The van der Waals surface area contributed by atoms with Gasteiger partial charge in [0.2, 0.25) is 0 Å². The van der Waals surface area contributed by atoms with Crippen LogP contribution in [0.1, 0.15) is 92.9 Å². The van der Waals surface area contributed by atoms with Crippen LogP contribution < -0.4 is 0 Å². The van der Waals surface area contributed by atoms with Gasteiger partial charge in [-0.15, -0.1) is 0 Å². The molecule has 0 saturated heterocycles. The van der Waals surface area contributed by atoms with Crippen molar-refractivity contribution in [2.45, 2.75) is 105 Å². The predicted octanol–water partition coefficient (Wildman–Crippen LogP) is 6.53. The zero-order valence-corrected chi connectivity index (χ0v) is 20.3. The lowest BCUT2D eigenvalue weighted by Crippen LogP contribution is -2.59. The molecule has 0 bridgehead atoms. The monoisotopic (exact) mass is 414 g/mol. The number of rotatable bonds is 4. The van der Waals surface area contributed by atoms with Crippen LogP contribution in [0.25, 0.3) is 0 Å². The molecule has 9 atom stereocenters. The third kappa shape index (κ3) is 3.36. The van der Waals surface area contributed by atoms with Crippen LogP contribution >= 0.6 is 0 Å². The lowest BCUT2D eigenvalue weighted by atomic mass is 9.46. The topological polar surface area (TPSA) is 40.5 Å². The molecule has 0 radical (unpaired) electrons. The van der Waals surface area contributed by atoms with E-state index in [0.717, 1.165) is 25.2 Å². The van der Waals surface area contributed by atoms with Crippen molar-refractivity contribution >= 4 is 0 Å². The standard InChI is InChI=1S/C28H46O2/c1-18(2)19(3)7-8-20(4)23-9-10-24-22-12-16-28(30)17-21(29)11-15-27(28,6)25(22)13-14-26(23,24)5/h7-8,12,18-21,23-25,29-30H,9-11,13-17H2,1-6H3/b8-7+/t19-,20+,21+,23-,24+,25-,26+,27+,28+/m0/s1. The van der Waals surface area contributed by atoms with Crippen molar-refractivity contribution in [3.63, 3.8) is 0 Å². The number of aliphatic hydroxyl groups is 2. The van der Waals surface area contributed by atoms with E-state index in [2.05, 4.69) is 59.8 Å². The van der Waals surface area contributed by atoms with Gasteiger partial charge in [-0.2, -0.15) is 0 Å². The molecule has 4 aliphatic carbocycles. The SMILES string of the molecule is CC(C)[C@@H](C)/C=C/[C@@H](C)[C@@H]1CC[C@@H]2C3=CC[C@@]4(O)C[C@H](O)CC[C@]4(C)[C@H]3CC[C@@]21C. The Morgan fingerprint density at radius 1 is 0.967 bits per heavy atom. The zero-order valence-electron chi connectivity index (χ0n) is 20.3. The van der Waals surface area contributed by atoms with Gasteiger partial charge >= 0.3 is 0 Å². The molecule has 2 nitrogen and oxygen atoms in total. The van der Waals surface area contributed by atoms with Crippen molar-refractivity contribution in [1.82, 2.24) is 0 Å². The maximum atomic E-state index is 11.6. The first kappa shape index (κ1) is 22.6. The van der Waals surface area contributed by atoms with E-state index in [9.17, 15) is 10.2 Å². The third-order valence-electron chi connectivity index (χ3n) is 10.7. The Bertz CT molecular complexity index is 707.